The van der Waals surface area contributed by atoms with Crippen molar-refractivity contribution in [2.45, 2.75) is 32.7 Å². The lowest BCUT2D eigenvalue weighted by Gasteiger charge is -2.23. The fourth-order valence-electron chi connectivity index (χ4n) is 1.88. The fourth-order valence-corrected chi connectivity index (χ4v) is 1.88. The highest BCUT2D eigenvalue weighted by Gasteiger charge is 2.22. The Labute approximate surface area is 114 Å². The highest BCUT2D eigenvalue weighted by molar-refractivity contribution is 5.71. The summed E-state index contributed by atoms with van der Waals surface area (Å²) in [6.07, 6.45) is 3.51. The number of anilines is 2. The largest absolute Gasteiger partial charge is 0.481 e. The van der Waals surface area contributed by atoms with E-state index in [1.54, 1.807) is 13.1 Å². The first-order valence-corrected chi connectivity index (χ1v) is 6.58. The molecular weight excluding hydrogens is 242 g/mol. The summed E-state index contributed by atoms with van der Waals surface area (Å²) in [6, 6.07) is 3.77. The van der Waals surface area contributed by atoms with E-state index >= 15 is 0 Å². The minimum absolute atomic E-state index is 0.0745. The molecule has 1 aromatic heterocycles. The van der Waals surface area contributed by atoms with Gasteiger partial charge in [0.25, 0.3) is 0 Å². The molecular formula is C14H23N3O2. The van der Waals surface area contributed by atoms with Crippen molar-refractivity contribution in [2.24, 2.45) is 5.92 Å². The Balaban J connectivity index is 2.76. The molecule has 0 aliphatic carbocycles. The van der Waals surface area contributed by atoms with Crippen molar-refractivity contribution < 1.29 is 9.90 Å². The average molecular weight is 265 g/mol. The Morgan fingerprint density at radius 1 is 1.47 bits per heavy atom. The summed E-state index contributed by atoms with van der Waals surface area (Å²) < 4.78 is 0. The molecule has 0 saturated carbocycles. The van der Waals surface area contributed by atoms with E-state index in [1.165, 1.54) is 0 Å². The number of hydrogen-bond donors (Lipinski definition) is 2. The van der Waals surface area contributed by atoms with Gasteiger partial charge < -0.3 is 15.3 Å². The van der Waals surface area contributed by atoms with Crippen molar-refractivity contribution in [2.75, 3.05) is 24.3 Å². The average Bonchev–Trinajstić information content (AvgIpc) is 2.37. The van der Waals surface area contributed by atoms with E-state index in [1.807, 2.05) is 31.1 Å². The number of hydrogen-bond acceptors (Lipinski definition) is 4. The van der Waals surface area contributed by atoms with Gasteiger partial charge in [-0.1, -0.05) is 13.3 Å². The van der Waals surface area contributed by atoms with E-state index in [9.17, 15) is 4.79 Å². The van der Waals surface area contributed by atoms with Crippen LogP contribution in [0.1, 0.15) is 26.7 Å². The third-order valence-electron chi connectivity index (χ3n) is 3.15. The molecule has 2 N–H and O–H groups in total. The molecule has 0 spiro atoms. The van der Waals surface area contributed by atoms with Gasteiger partial charge in [-0.3, -0.25) is 4.79 Å². The van der Waals surface area contributed by atoms with Gasteiger partial charge in [0.05, 0.1) is 17.8 Å². The van der Waals surface area contributed by atoms with Crippen LogP contribution >= 0.6 is 0 Å². The lowest BCUT2D eigenvalue weighted by molar-refractivity contribution is -0.141. The normalized spacial score (nSPS) is 13.7. The van der Waals surface area contributed by atoms with E-state index < -0.39 is 11.9 Å². The number of aromatic nitrogens is 1. The molecule has 0 aliphatic heterocycles. The molecule has 5 nitrogen and oxygen atoms in total. The molecule has 2 atom stereocenters. The molecule has 1 rings (SSSR count). The first-order valence-electron chi connectivity index (χ1n) is 6.58. The molecule has 0 radical (unpaired) electrons. The van der Waals surface area contributed by atoms with Crippen LogP contribution in [-0.2, 0) is 4.79 Å². The third kappa shape index (κ3) is 4.43. The molecule has 2 unspecified atom stereocenters. The summed E-state index contributed by atoms with van der Waals surface area (Å²) in [4.78, 5) is 17.3. The maximum absolute atomic E-state index is 11.1. The van der Waals surface area contributed by atoms with Gasteiger partial charge in [-0.25, -0.2) is 4.98 Å². The van der Waals surface area contributed by atoms with Gasteiger partial charge in [0, 0.05) is 20.1 Å². The number of rotatable bonds is 7. The Morgan fingerprint density at radius 2 is 2.16 bits per heavy atom. The molecule has 0 saturated heterocycles. The summed E-state index contributed by atoms with van der Waals surface area (Å²) in [5.41, 5.74) is 0.858. The maximum Gasteiger partial charge on any atom is 0.308 e. The number of carboxylic acids is 1. The van der Waals surface area contributed by atoms with Gasteiger partial charge in [0.2, 0.25) is 0 Å². The highest BCUT2D eigenvalue weighted by atomic mass is 16.4. The second kappa shape index (κ2) is 6.97. The molecule has 106 valence electrons. The van der Waals surface area contributed by atoms with Gasteiger partial charge in [-0.15, -0.1) is 0 Å². The van der Waals surface area contributed by atoms with Crippen LogP contribution in [-0.4, -0.2) is 36.2 Å². The SMILES string of the molecule is CCCC(Nc1ccc(N(C)C)nc1)C(C)C(=O)O. The van der Waals surface area contributed by atoms with Crippen molar-refractivity contribution >= 4 is 17.5 Å². The molecule has 19 heavy (non-hydrogen) atoms. The van der Waals surface area contributed by atoms with Crippen LogP contribution in [0.3, 0.4) is 0 Å². The van der Waals surface area contributed by atoms with E-state index in [-0.39, 0.29) is 6.04 Å². The quantitative estimate of drug-likeness (QED) is 0.792. The van der Waals surface area contributed by atoms with Crippen LogP contribution < -0.4 is 10.2 Å². The van der Waals surface area contributed by atoms with Gasteiger partial charge in [0.15, 0.2) is 0 Å². The number of pyridine rings is 1. The Bertz CT molecular complexity index is 404. The smallest absolute Gasteiger partial charge is 0.308 e. The Hall–Kier alpha value is -1.78. The molecule has 0 aromatic carbocycles. The molecule has 5 heteroatoms. The van der Waals surface area contributed by atoms with Crippen molar-refractivity contribution in [3.8, 4) is 0 Å². The summed E-state index contributed by atoms with van der Waals surface area (Å²) in [6.45, 7) is 3.79. The van der Waals surface area contributed by atoms with Gasteiger partial charge in [-0.2, -0.15) is 0 Å². The first-order chi connectivity index (χ1) is 8.95. The topological polar surface area (TPSA) is 65.5 Å². The number of carbonyl (C=O) groups is 1. The van der Waals surface area contributed by atoms with Crippen molar-refractivity contribution in [1.29, 1.82) is 0 Å². The maximum atomic E-state index is 11.1. The number of nitrogens with zero attached hydrogens (tertiary/aromatic N) is 2. The lowest BCUT2D eigenvalue weighted by atomic mass is 9.97. The highest BCUT2D eigenvalue weighted by Crippen LogP contribution is 2.18. The fraction of sp³-hybridized carbons (Fsp3) is 0.571. The minimum Gasteiger partial charge on any atom is -0.481 e. The minimum atomic E-state index is -0.774. The van der Waals surface area contributed by atoms with Crippen LogP contribution in [0.4, 0.5) is 11.5 Å². The van der Waals surface area contributed by atoms with Crippen molar-refractivity contribution in [3.63, 3.8) is 0 Å². The van der Waals surface area contributed by atoms with Gasteiger partial charge in [-0.05, 0) is 25.5 Å². The zero-order valence-corrected chi connectivity index (χ0v) is 12.1. The molecule has 1 heterocycles. The van der Waals surface area contributed by atoms with Crippen LogP contribution in [0.2, 0.25) is 0 Å². The zero-order valence-electron chi connectivity index (χ0n) is 12.1. The van der Waals surface area contributed by atoms with Crippen LogP contribution in [0, 0.1) is 5.92 Å². The van der Waals surface area contributed by atoms with Crippen molar-refractivity contribution in [3.05, 3.63) is 18.3 Å². The second-order valence-electron chi connectivity index (χ2n) is 4.97. The van der Waals surface area contributed by atoms with Crippen LogP contribution in [0.15, 0.2) is 18.3 Å². The third-order valence-corrected chi connectivity index (χ3v) is 3.15. The van der Waals surface area contributed by atoms with Gasteiger partial charge in [0.1, 0.15) is 5.82 Å². The van der Waals surface area contributed by atoms with Crippen LogP contribution in [0.25, 0.3) is 0 Å². The molecule has 0 fully saturated rings. The molecule has 0 aliphatic rings. The number of carboxylic acid groups (broad SMARTS) is 1. The van der Waals surface area contributed by atoms with E-state index in [2.05, 4.69) is 17.2 Å². The predicted octanol–water partition coefficient (Wildman–Crippen LogP) is 2.45. The van der Waals surface area contributed by atoms with Gasteiger partial charge >= 0.3 is 5.97 Å². The molecule has 0 bridgehead atoms. The van der Waals surface area contributed by atoms with Crippen molar-refractivity contribution in [1.82, 2.24) is 4.98 Å². The van der Waals surface area contributed by atoms with E-state index in [4.69, 9.17) is 5.11 Å². The zero-order chi connectivity index (χ0) is 14.4. The van der Waals surface area contributed by atoms with E-state index in [0.717, 1.165) is 24.3 Å². The monoisotopic (exact) mass is 265 g/mol. The summed E-state index contributed by atoms with van der Waals surface area (Å²) in [5.74, 6) is -0.318. The lowest BCUT2D eigenvalue weighted by Crippen LogP contribution is -2.32. The molecule has 0 amide bonds. The number of nitrogens with one attached hydrogen (secondary N) is 1. The predicted molar refractivity (Wildman–Crippen MR) is 77.7 cm³/mol. The molecule has 1 aromatic rings. The van der Waals surface area contributed by atoms with Crippen LogP contribution in [0.5, 0.6) is 0 Å². The van der Waals surface area contributed by atoms with E-state index in [0.29, 0.717) is 0 Å². The number of aliphatic carboxylic acids is 1. The Kier molecular flexibility index (Phi) is 5.60. The first kappa shape index (κ1) is 15.3. The summed E-state index contributed by atoms with van der Waals surface area (Å²) in [7, 11) is 3.86. The standard InChI is InChI=1S/C14H23N3O2/c1-5-6-12(10(2)14(18)19)16-11-7-8-13(15-9-11)17(3)4/h7-10,12,16H,5-6H2,1-4H3,(H,18,19). The second-order valence-corrected chi connectivity index (χ2v) is 4.97. The summed E-state index contributed by atoms with van der Waals surface area (Å²) >= 11 is 0. The summed E-state index contributed by atoms with van der Waals surface area (Å²) in [5, 5.41) is 12.4. The Morgan fingerprint density at radius 3 is 2.58 bits per heavy atom.